The molecule has 1 fully saturated rings. The number of hydrogen-bond acceptors (Lipinski definition) is 3. The molecule has 1 aliphatic heterocycles. The summed E-state index contributed by atoms with van der Waals surface area (Å²) >= 11 is 1.01. The number of rotatable bonds is 1. The molecule has 0 atom stereocenters. The summed E-state index contributed by atoms with van der Waals surface area (Å²) < 4.78 is 0. The summed E-state index contributed by atoms with van der Waals surface area (Å²) in [5.41, 5.74) is 0.693. The van der Waals surface area contributed by atoms with Gasteiger partial charge in [-0.1, -0.05) is 18.3 Å². The van der Waals surface area contributed by atoms with Crippen molar-refractivity contribution >= 4 is 17.2 Å². The first kappa shape index (κ1) is 11.4. The number of piperidine rings is 1. The van der Waals surface area contributed by atoms with Crippen LogP contribution in [0.25, 0.3) is 0 Å². The lowest BCUT2D eigenvalue weighted by molar-refractivity contribution is 0.0701. The molecule has 1 aliphatic rings. The summed E-state index contributed by atoms with van der Waals surface area (Å²) in [7, 11) is 0. The van der Waals surface area contributed by atoms with Crippen molar-refractivity contribution in [2.45, 2.75) is 26.7 Å². The highest BCUT2D eigenvalue weighted by Crippen LogP contribution is 2.19. The zero-order valence-electron chi connectivity index (χ0n) is 9.58. The topological polar surface area (TPSA) is 53.2 Å². The second kappa shape index (κ2) is 4.41. The fourth-order valence-electron chi connectivity index (χ4n) is 1.96. The monoisotopic (exact) mass is 240 g/mol. The van der Waals surface area contributed by atoms with Crippen molar-refractivity contribution in [3.63, 3.8) is 0 Å². The van der Waals surface area contributed by atoms with E-state index in [9.17, 15) is 9.59 Å². The van der Waals surface area contributed by atoms with E-state index in [1.54, 1.807) is 6.92 Å². The smallest absolute Gasteiger partial charge is 0.305 e. The number of H-pyrrole nitrogens is 1. The van der Waals surface area contributed by atoms with Crippen LogP contribution in [0.3, 0.4) is 0 Å². The van der Waals surface area contributed by atoms with E-state index in [-0.39, 0.29) is 10.8 Å². The van der Waals surface area contributed by atoms with Crippen LogP contribution < -0.4 is 4.87 Å². The van der Waals surface area contributed by atoms with E-state index in [1.165, 1.54) is 0 Å². The van der Waals surface area contributed by atoms with Gasteiger partial charge in [0.2, 0.25) is 0 Å². The molecule has 0 unspecified atom stereocenters. The molecule has 1 aromatic rings. The van der Waals surface area contributed by atoms with Gasteiger partial charge in [0, 0.05) is 18.8 Å². The van der Waals surface area contributed by atoms with Crippen LogP contribution in [0, 0.1) is 12.8 Å². The van der Waals surface area contributed by atoms with Gasteiger partial charge < -0.3 is 9.88 Å². The zero-order valence-corrected chi connectivity index (χ0v) is 10.4. The van der Waals surface area contributed by atoms with Gasteiger partial charge in [-0.2, -0.15) is 0 Å². The van der Waals surface area contributed by atoms with E-state index in [2.05, 4.69) is 11.9 Å². The van der Waals surface area contributed by atoms with Crippen molar-refractivity contribution in [2.24, 2.45) is 5.92 Å². The average molecular weight is 240 g/mol. The Morgan fingerprint density at radius 1 is 1.44 bits per heavy atom. The first-order chi connectivity index (χ1) is 7.58. The third-order valence-electron chi connectivity index (χ3n) is 3.09. The minimum absolute atomic E-state index is 0.00718. The molecule has 0 spiro atoms. The number of aryl methyl sites for hydroxylation is 1. The summed E-state index contributed by atoms with van der Waals surface area (Å²) in [5, 5.41) is 0. The molecule has 1 saturated heterocycles. The Morgan fingerprint density at radius 2 is 2.06 bits per heavy atom. The third kappa shape index (κ3) is 2.19. The van der Waals surface area contributed by atoms with Gasteiger partial charge >= 0.3 is 4.87 Å². The molecule has 16 heavy (non-hydrogen) atoms. The van der Waals surface area contributed by atoms with Gasteiger partial charge in [0.1, 0.15) is 4.88 Å². The highest BCUT2D eigenvalue weighted by Gasteiger charge is 2.24. The molecular weight excluding hydrogens is 224 g/mol. The molecule has 1 amide bonds. The van der Waals surface area contributed by atoms with Crippen molar-refractivity contribution in [1.82, 2.24) is 9.88 Å². The third-order valence-corrected chi connectivity index (χ3v) is 4.06. The fourth-order valence-corrected chi connectivity index (χ4v) is 2.77. The van der Waals surface area contributed by atoms with Gasteiger partial charge in [-0.05, 0) is 25.7 Å². The number of hydrogen-bond donors (Lipinski definition) is 1. The van der Waals surface area contributed by atoms with Crippen LogP contribution in [0.4, 0.5) is 0 Å². The molecule has 88 valence electrons. The van der Waals surface area contributed by atoms with Crippen LogP contribution in [0.5, 0.6) is 0 Å². The van der Waals surface area contributed by atoms with E-state index in [1.807, 2.05) is 4.90 Å². The summed E-state index contributed by atoms with van der Waals surface area (Å²) in [4.78, 5) is 28.2. The number of likely N-dealkylation sites (tertiary alicyclic amines) is 1. The Hall–Kier alpha value is -1.10. The molecule has 1 aromatic heterocycles. The predicted molar refractivity (Wildman–Crippen MR) is 64.0 cm³/mol. The molecular formula is C11H16N2O2S. The quantitative estimate of drug-likeness (QED) is 0.811. The summed E-state index contributed by atoms with van der Waals surface area (Å²) in [5.74, 6) is 0.711. The molecule has 0 aliphatic carbocycles. The molecule has 0 aromatic carbocycles. The largest absolute Gasteiger partial charge is 0.338 e. The molecule has 1 N–H and O–H groups in total. The lowest BCUT2D eigenvalue weighted by Gasteiger charge is -2.29. The lowest BCUT2D eigenvalue weighted by Crippen LogP contribution is -2.37. The molecule has 0 bridgehead atoms. The van der Waals surface area contributed by atoms with Crippen molar-refractivity contribution in [3.8, 4) is 0 Å². The van der Waals surface area contributed by atoms with Crippen molar-refractivity contribution in [1.29, 1.82) is 0 Å². The first-order valence-corrected chi connectivity index (χ1v) is 6.38. The van der Waals surface area contributed by atoms with Crippen LogP contribution in [-0.2, 0) is 0 Å². The Bertz CT molecular complexity index is 441. The molecule has 0 radical (unpaired) electrons. The molecule has 0 saturated carbocycles. The van der Waals surface area contributed by atoms with Crippen LogP contribution in [0.1, 0.15) is 35.1 Å². The van der Waals surface area contributed by atoms with E-state index in [4.69, 9.17) is 0 Å². The number of amides is 1. The second-order valence-electron chi connectivity index (χ2n) is 4.44. The summed E-state index contributed by atoms with van der Waals surface area (Å²) in [6, 6.07) is 0. The van der Waals surface area contributed by atoms with Crippen molar-refractivity contribution in [3.05, 3.63) is 20.2 Å². The molecule has 4 nitrogen and oxygen atoms in total. The van der Waals surface area contributed by atoms with Crippen LogP contribution >= 0.6 is 11.3 Å². The molecule has 2 heterocycles. The Morgan fingerprint density at radius 3 is 2.56 bits per heavy atom. The Labute approximate surface area is 98.3 Å². The molecule has 5 heteroatoms. The first-order valence-electron chi connectivity index (χ1n) is 5.57. The number of carbonyl (C=O) groups is 1. The highest BCUT2D eigenvalue weighted by atomic mass is 32.1. The number of aromatic nitrogens is 1. The van der Waals surface area contributed by atoms with Gasteiger partial charge in [-0.25, -0.2) is 0 Å². The Balaban J connectivity index is 2.13. The van der Waals surface area contributed by atoms with Gasteiger partial charge in [0.05, 0.1) is 0 Å². The van der Waals surface area contributed by atoms with E-state index in [0.29, 0.717) is 16.5 Å². The fraction of sp³-hybridized carbons (Fsp3) is 0.636. The maximum atomic E-state index is 12.1. The number of nitrogens with zero attached hydrogens (tertiary/aromatic N) is 1. The molecule has 2 rings (SSSR count). The lowest BCUT2D eigenvalue weighted by atomic mass is 9.99. The maximum absolute atomic E-state index is 12.1. The van der Waals surface area contributed by atoms with E-state index in [0.717, 1.165) is 37.3 Å². The van der Waals surface area contributed by atoms with Crippen LogP contribution in [0.2, 0.25) is 0 Å². The number of thiazole rings is 1. The standard InChI is InChI=1S/C11H16N2O2S/c1-7-3-5-13(6-4-7)10(14)9-8(2)12-11(15)16-9/h7H,3-6H2,1-2H3,(H,12,15). The van der Waals surface area contributed by atoms with E-state index < -0.39 is 0 Å². The average Bonchev–Trinajstić information content (AvgIpc) is 2.58. The van der Waals surface area contributed by atoms with Gasteiger partial charge in [0.15, 0.2) is 0 Å². The number of aromatic amines is 1. The van der Waals surface area contributed by atoms with Gasteiger partial charge in [-0.15, -0.1) is 0 Å². The van der Waals surface area contributed by atoms with Crippen molar-refractivity contribution in [2.75, 3.05) is 13.1 Å². The van der Waals surface area contributed by atoms with Crippen LogP contribution in [0.15, 0.2) is 4.79 Å². The minimum atomic E-state index is -0.147. The summed E-state index contributed by atoms with van der Waals surface area (Å²) in [6.45, 7) is 5.61. The van der Waals surface area contributed by atoms with Crippen LogP contribution in [-0.4, -0.2) is 28.9 Å². The highest BCUT2D eigenvalue weighted by molar-refractivity contribution is 7.11. The van der Waals surface area contributed by atoms with Crippen molar-refractivity contribution < 1.29 is 4.79 Å². The SMILES string of the molecule is Cc1[nH]c(=O)sc1C(=O)N1CCC(C)CC1. The number of nitrogens with one attached hydrogen (secondary N) is 1. The minimum Gasteiger partial charge on any atom is -0.338 e. The normalized spacial score (nSPS) is 17.8. The predicted octanol–water partition coefficient (Wildman–Crippen LogP) is 1.62. The zero-order chi connectivity index (χ0) is 11.7. The Kier molecular flexibility index (Phi) is 3.14. The van der Waals surface area contributed by atoms with E-state index >= 15 is 0 Å². The van der Waals surface area contributed by atoms with Gasteiger partial charge in [-0.3, -0.25) is 9.59 Å². The second-order valence-corrected chi connectivity index (χ2v) is 5.43. The number of carbonyl (C=O) groups excluding carboxylic acids is 1. The maximum Gasteiger partial charge on any atom is 0.305 e. The van der Waals surface area contributed by atoms with Gasteiger partial charge in [0.25, 0.3) is 5.91 Å². The summed E-state index contributed by atoms with van der Waals surface area (Å²) in [6.07, 6.45) is 2.12.